The minimum Gasteiger partial charge on any atom is -0.481 e. The second-order valence-corrected chi connectivity index (χ2v) is 7.90. The molecule has 3 aromatic rings. The number of carboxylic acids is 1. The Labute approximate surface area is 182 Å². The van der Waals surface area contributed by atoms with Crippen molar-refractivity contribution >= 4 is 28.6 Å². The summed E-state index contributed by atoms with van der Waals surface area (Å²) < 4.78 is 21.3. The third kappa shape index (κ3) is 4.26. The molecule has 0 aliphatic heterocycles. The first kappa shape index (κ1) is 22.7. The Hall–Kier alpha value is -2.97. The van der Waals surface area contributed by atoms with Gasteiger partial charge in [-0.1, -0.05) is 37.6 Å². The van der Waals surface area contributed by atoms with Crippen molar-refractivity contribution in [2.24, 2.45) is 5.92 Å². The molecule has 0 aliphatic rings. The number of aromatic nitrogens is 2. The number of methoxy groups -OCH3 is 1. The minimum absolute atomic E-state index is 0.0306. The van der Waals surface area contributed by atoms with E-state index in [4.69, 9.17) is 16.3 Å². The van der Waals surface area contributed by atoms with E-state index in [-0.39, 0.29) is 46.4 Å². The summed E-state index contributed by atoms with van der Waals surface area (Å²) in [7, 11) is 1.39. The average molecular weight is 449 g/mol. The van der Waals surface area contributed by atoms with Crippen LogP contribution < -0.4 is 10.2 Å². The predicted molar refractivity (Wildman–Crippen MR) is 115 cm³/mol. The second kappa shape index (κ2) is 9.03. The Kier molecular flexibility index (Phi) is 6.62. The molecule has 0 saturated heterocycles. The highest BCUT2D eigenvalue weighted by Gasteiger charge is 2.24. The molecule has 164 valence electrons. The average Bonchev–Trinajstić information content (AvgIpc) is 2.72. The van der Waals surface area contributed by atoms with E-state index >= 15 is 0 Å². The number of benzene rings is 1. The van der Waals surface area contributed by atoms with Gasteiger partial charge in [0.25, 0.3) is 0 Å². The number of fused-ring (bicyclic) bond motifs is 1. The van der Waals surface area contributed by atoms with Gasteiger partial charge in [-0.15, -0.1) is 0 Å². The summed E-state index contributed by atoms with van der Waals surface area (Å²) in [5, 5.41) is 19.4. The number of pyridine rings is 2. The normalized spacial score (nSPS) is 12.4. The van der Waals surface area contributed by atoms with E-state index in [1.165, 1.54) is 30.0 Å². The molecule has 2 N–H and O–H groups in total. The van der Waals surface area contributed by atoms with Crippen molar-refractivity contribution in [1.82, 2.24) is 9.55 Å². The number of aliphatic hydroxyl groups excluding tert-OH is 1. The van der Waals surface area contributed by atoms with Gasteiger partial charge in [-0.2, -0.15) is 4.98 Å². The van der Waals surface area contributed by atoms with Crippen LogP contribution in [0.4, 0.5) is 4.39 Å². The second-order valence-electron chi connectivity index (χ2n) is 7.50. The van der Waals surface area contributed by atoms with Gasteiger partial charge in [0.15, 0.2) is 0 Å². The highest BCUT2D eigenvalue weighted by molar-refractivity contribution is 6.30. The number of carboxylic acid groups (broad SMARTS) is 1. The van der Waals surface area contributed by atoms with Crippen LogP contribution in [0.3, 0.4) is 0 Å². The molecule has 0 fully saturated rings. The van der Waals surface area contributed by atoms with Crippen molar-refractivity contribution in [3.8, 4) is 5.88 Å². The minimum atomic E-state index is -1.39. The topological polar surface area (TPSA) is 102 Å². The van der Waals surface area contributed by atoms with Gasteiger partial charge < -0.3 is 19.5 Å². The molecule has 0 unspecified atom stereocenters. The van der Waals surface area contributed by atoms with E-state index in [9.17, 15) is 24.2 Å². The molecule has 1 atom stereocenters. The van der Waals surface area contributed by atoms with E-state index < -0.39 is 28.8 Å². The molecular weight excluding hydrogens is 427 g/mol. The maximum atomic E-state index is 14.4. The summed E-state index contributed by atoms with van der Waals surface area (Å²) in [6.07, 6.45) is 1.22. The highest BCUT2D eigenvalue weighted by Crippen LogP contribution is 2.29. The van der Waals surface area contributed by atoms with Gasteiger partial charge >= 0.3 is 5.97 Å². The zero-order valence-electron chi connectivity index (χ0n) is 17.2. The van der Waals surface area contributed by atoms with Crippen LogP contribution in [0.15, 0.2) is 35.3 Å². The van der Waals surface area contributed by atoms with Crippen LogP contribution in [0.25, 0.3) is 11.0 Å². The summed E-state index contributed by atoms with van der Waals surface area (Å²) >= 11 is 5.87. The monoisotopic (exact) mass is 448 g/mol. The zero-order valence-corrected chi connectivity index (χ0v) is 18.0. The van der Waals surface area contributed by atoms with Gasteiger partial charge in [0.1, 0.15) is 17.0 Å². The number of nitrogens with zero attached hydrogens (tertiary/aromatic N) is 2. The molecule has 0 amide bonds. The Morgan fingerprint density at radius 3 is 2.61 bits per heavy atom. The van der Waals surface area contributed by atoms with Crippen LogP contribution >= 0.6 is 11.6 Å². The maximum Gasteiger partial charge on any atom is 0.341 e. The first-order valence-corrected chi connectivity index (χ1v) is 9.97. The fourth-order valence-electron chi connectivity index (χ4n) is 3.52. The van der Waals surface area contributed by atoms with Gasteiger partial charge in [0.05, 0.1) is 30.2 Å². The van der Waals surface area contributed by atoms with E-state index in [1.54, 1.807) is 12.1 Å². The summed E-state index contributed by atoms with van der Waals surface area (Å²) in [6.45, 7) is 3.44. The van der Waals surface area contributed by atoms with E-state index in [0.717, 1.165) is 0 Å². The van der Waals surface area contributed by atoms with Crippen LogP contribution in [-0.4, -0.2) is 39.5 Å². The number of hydrogen-bond donors (Lipinski definition) is 2. The van der Waals surface area contributed by atoms with Crippen molar-refractivity contribution in [1.29, 1.82) is 0 Å². The third-order valence-electron chi connectivity index (χ3n) is 5.19. The lowest BCUT2D eigenvalue weighted by Gasteiger charge is -2.24. The molecular formula is C22H22ClFN2O5. The zero-order chi connectivity index (χ0) is 22.9. The fourth-order valence-corrected chi connectivity index (χ4v) is 3.71. The van der Waals surface area contributed by atoms with Gasteiger partial charge in [-0.25, -0.2) is 9.18 Å². The lowest BCUT2D eigenvalue weighted by molar-refractivity contribution is 0.0694. The first-order valence-electron chi connectivity index (χ1n) is 9.59. The van der Waals surface area contributed by atoms with Crippen LogP contribution in [0.5, 0.6) is 5.88 Å². The van der Waals surface area contributed by atoms with Gasteiger partial charge in [0, 0.05) is 18.2 Å². The summed E-state index contributed by atoms with van der Waals surface area (Å²) in [5.41, 5.74) is -0.319. The van der Waals surface area contributed by atoms with E-state index in [2.05, 4.69) is 4.98 Å². The summed E-state index contributed by atoms with van der Waals surface area (Å²) in [4.78, 5) is 29.0. The number of aromatic carboxylic acids is 1. The number of aliphatic hydroxyl groups is 1. The third-order valence-corrected chi connectivity index (χ3v) is 5.49. The van der Waals surface area contributed by atoms with Crippen molar-refractivity contribution in [3.05, 3.63) is 68.2 Å². The molecule has 0 saturated carbocycles. The van der Waals surface area contributed by atoms with Gasteiger partial charge in [-0.3, -0.25) is 4.79 Å². The van der Waals surface area contributed by atoms with Crippen molar-refractivity contribution < 1.29 is 24.1 Å². The fraction of sp³-hybridized carbons (Fsp3) is 0.318. The van der Waals surface area contributed by atoms with E-state index in [1.807, 2.05) is 13.8 Å². The van der Waals surface area contributed by atoms with Gasteiger partial charge in [0.2, 0.25) is 11.3 Å². The molecule has 2 aromatic heterocycles. The Morgan fingerprint density at radius 1 is 1.32 bits per heavy atom. The maximum absolute atomic E-state index is 14.4. The van der Waals surface area contributed by atoms with E-state index in [0.29, 0.717) is 5.56 Å². The number of ether oxygens (including phenoxy) is 1. The molecule has 2 heterocycles. The Morgan fingerprint density at radius 2 is 2.03 bits per heavy atom. The largest absolute Gasteiger partial charge is 0.481 e. The molecule has 1 aromatic carbocycles. The number of hydrogen-bond acceptors (Lipinski definition) is 5. The molecule has 0 spiro atoms. The molecule has 9 heteroatoms. The first-order chi connectivity index (χ1) is 14.7. The molecule has 0 bridgehead atoms. The molecule has 31 heavy (non-hydrogen) atoms. The molecule has 0 radical (unpaired) electrons. The number of carbonyl (C=O) groups is 1. The lowest BCUT2D eigenvalue weighted by atomic mass is 10.0. The Balaban J connectivity index is 2.32. The highest BCUT2D eigenvalue weighted by atomic mass is 35.5. The van der Waals surface area contributed by atoms with Crippen LogP contribution in [-0.2, 0) is 6.42 Å². The van der Waals surface area contributed by atoms with Crippen molar-refractivity contribution in [2.45, 2.75) is 26.3 Å². The lowest BCUT2D eigenvalue weighted by Crippen LogP contribution is -2.26. The predicted octanol–water partition coefficient (Wildman–Crippen LogP) is 3.68. The number of rotatable bonds is 7. The van der Waals surface area contributed by atoms with Crippen LogP contribution in [0.1, 0.15) is 41.4 Å². The molecule has 7 nitrogen and oxygen atoms in total. The standard InChI is InChI=1S/C22H22ClFN2O5/c1-11(2)17(10-27)26-9-15(22(29)30)19(28)14-8-13(21(31-3)25-20(14)26)7-12-5-4-6-16(23)18(12)24/h4-6,8-9,11,17,27H,7,10H2,1-3H3,(H,29,30)/t17-/m0/s1. The Bertz CT molecular complexity index is 1210. The SMILES string of the molecule is COc1nc2c(cc1Cc1cccc(Cl)c1F)c(=O)c(C(=O)O)cn2[C@@H](CO)C(C)C. The van der Waals surface area contributed by atoms with Crippen molar-refractivity contribution in [3.63, 3.8) is 0 Å². The number of halogens is 2. The quantitative estimate of drug-likeness (QED) is 0.571. The van der Waals surface area contributed by atoms with Crippen LogP contribution in [0, 0.1) is 11.7 Å². The summed E-state index contributed by atoms with van der Waals surface area (Å²) in [6, 6.07) is 5.52. The molecule has 0 aliphatic carbocycles. The van der Waals surface area contributed by atoms with Crippen molar-refractivity contribution in [2.75, 3.05) is 13.7 Å². The van der Waals surface area contributed by atoms with Crippen LogP contribution in [0.2, 0.25) is 5.02 Å². The smallest absolute Gasteiger partial charge is 0.341 e. The molecule has 3 rings (SSSR count). The summed E-state index contributed by atoms with van der Waals surface area (Å²) in [5.74, 6) is -1.91. The van der Waals surface area contributed by atoms with Gasteiger partial charge in [-0.05, 0) is 23.6 Å².